The second kappa shape index (κ2) is 16.9. The second-order valence-corrected chi connectivity index (χ2v) is 15.9. The van der Waals surface area contributed by atoms with E-state index in [1.54, 1.807) is 45.9 Å². The zero-order valence-electron chi connectivity index (χ0n) is 30.4. The number of aromatic nitrogens is 1. The Morgan fingerprint density at radius 3 is 2.24 bits per heavy atom. The third-order valence-electron chi connectivity index (χ3n) is 8.90. The molecule has 0 spiro atoms. The molecule has 5 rings (SSSR count). The first-order valence-electron chi connectivity index (χ1n) is 17.2. The summed E-state index contributed by atoms with van der Waals surface area (Å²) in [7, 11) is -4.12. The van der Waals surface area contributed by atoms with E-state index >= 15 is 4.39 Å². The van der Waals surface area contributed by atoms with Crippen molar-refractivity contribution in [3.8, 4) is 0 Å². The quantitative estimate of drug-likeness (QED) is 0.0711. The van der Waals surface area contributed by atoms with Crippen molar-refractivity contribution >= 4 is 27.7 Å². The molecule has 1 aliphatic heterocycles. The molecule has 12 nitrogen and oxygen atoms in total. The van der Waals surface area contributed by atoms with Crippen LogP contribution in [-0.4, -0.2) is 71.4 Å². The summed E-state index contributed by atoms with van der Waals surface area (Å²) in [5.41, 5.74) is 8.50. The molecule has 0 unspecified atom stereocenters. The molecule has 1 aromatic heterocycles. The highest BCUT2D eigenvalue weighted by Crippen LogP contribution is 2.34. The third kappa shape index (κ3) is 9.79. The van der Waals surface area contributed by atoms with Crippen molar-refractivity contribution in [2.24, 2.45) is 5.11 Å². The van der Waals surface area contributed by atoms with Gasteiger partial charge in [0.25, 0.3) is 0 Å². The number of piperazine rings is 1. The Kier molecular flexibility index (Phi) is 12.5. The van der Waals surface area contributed by atoms with Crippen molar-refractivity contribution in [3.05, 3.63) is 136 Å². The lowest BCUT2D eigenvalue weighted by molar-refractivity contribution is -0.117. The van der Waals surface area contributed by atoms with Gasteiger partial charge in [-0.15, -0.1) is 0 Å². The van der Waals surface area contributed by atoms with Crippen molar-refractivity contribution in [3.63, 3.8) is 0 Å². The normalized spacial score (nSPS) is 17.5. The fraction of sp³-hybridized carbons (Fsp3) is 0.342. The molecule has 290 valence electrons. The minimum Gasteiger partial charge on any atom is -0.444 e. The number of benzene rings is 3. The van der Waals surface area contributed by atoms with Gasteiger partial charge in [-0.2, -0.15) is 4.31 Å². The molecule has 0 bridgehead atoms. The maximum Gasteiger partial charge on any atom is 0.410 e. The highest BCUT2D eigenvalue weighted by molar-refractivity contribution is 7.89. The van der Waals surface area contributed by atoms with Crippen LogP contribution < -0.4 is 5.32 Å². The summed E-state index contributed by atoms with van der Waals surface area (Å²) < 4.78 is 93.4. The molecule has 4 atom stereocenters. The van der Waals surface area contributed by atoms with E-state index in [4.69, 9.17) is 4.74 Å². The minimum atomic E-state index is -4.12. The predicted molar refractivity (Wildman–Crippen MR) is 195 cm³/mol. The van der Waals surface area contributed by atoms with E-state index in [1.165, 1.54) is 33.5 Å². The average molecular weight is 782 g/mol. The lowest BCUT2D eigenvalue weighted by Gasteiger charge is -2.44. The third-order valence-corrected chi connectivity index (χ3v) is 11.0. The largest absolute Gasteiger partial charge is 0.444 e. The van der Waals surface area contributed by atoms with Crippen LogP contribution in [0, 0.1) is 23.3 Å². The van der Waals surface area contributed by atoms with Crippen LogP contribution >= 0.6 is 0 Å². The van der Waals surface area contributed by atoms with Crippen LogP contribution in [0.15, 0.2) is 95.2 Å². The van der Waals surface area contributed by atoms with Crippen LogP contribution in [0.25, 0.3) is 10.4 Å². The van der Waals surface area contributed by atoms with Gasteiger partial charge in [0.1, 0.15) is 34.9 Å². The van der Waals surface area contributed by atoms with Crippen molar-refractivity contribution in [2.45, 2.75) is 75.1 Å². The first-order valence-corrected chi connectivity index (χ1v) is 18.7. The highest BCUT2D eigenvalue weighted by atomic mass is 32.2. The van der Waals surface area contributed by atoms with Gasteiger partial charge in [0.05, 0.1) is 23.0 Å². The molecule has 1 fully saturated rings. The van der Waals surface area contributed by atoms with Crippen LogP contribution in [-0.2, 0) is 26.0 Å². The number of hydrogen-bond donors (Lipinski definition) is 1. The second-order valence-electron chi connectivity index (χ2n) is 14.1. The van der Waals surface area contributed by atoms with Gasteiger partial charge in [-0.3, -0.25) is 9.78 Å². The van der Waals surface area contributed by atoms with E-state index in [9.17, 15) is 36.7 Å². The Balaban J connectivity index is 1.48. The van der Waals surface area contributed by atoms with E-state index in [1.807, 2.05) is 0 Å². The zero-order valence-corrected chi connectivity index (χ0v) is 31.2. The summed E-state index contributed by atoms with van der Waals surface area (Å²) in [4.78, 5) is 35.2. The van der Waals surface area contributed by atoms with Gasteiger partial charge < -0.3 is 15.0 Å². The summed E-state index contributed by atoms with van der Waals surface area (Å²) in [6.07, 6.45) is 1.18. The van der Waals surface area contributed by atoms with E-state index < -0.39 is 74.9 Å². The van der Waals surface area contributed by atoms with Crippen molar-refractivity contribution in [1.29, 1.82) is 0 Å². The maximum absolute atomic E-state index is 15.7. The molecule has 0 aliphatic carbocycles. The van der Waals surface area contributed by atoms with Crippen LogP contribution in [0.5, 0.6) is 0 Å². The molecular weight excluding hydrogens is 743 g/mol. The topological polar surface area (TPSA) is 158 Å². The van der Waals surface area contributed by atoms with Crippen LogP contribution in [0.4, 0.5) is 28.0 Å². The molecule has 0 saturated carbocycles. The predicted octanol–water partition coefficient (Wildman–Crippen LogP) is 7.72. The molecule has 4 aromatic rings. The number of anilines is 1. The SMILES string of the molecule is C[C@@H]1CN(C(=O)OC(C)(C)C)C[C@H](CCc2c(F)cncc2NC(=O)[C@@H](N=[N+]=[N-])[C@@H](c2ccc(F)cc2)c2cc(F)cc(F)c2)N1S(=O)(=O)c1ccccc1. The molecule has 2 amide bonds. The number of carbonyl (C=O) groups excluding carboxylic acids is 2. The number of rotatable bonds is 11. The number of ether oxygens (including phenoxy) is 1. The molecule has 0 radical (unpaired) electrons. The lowest BCUT2D eigenvalue weighted by atomic mass is 9.84. The number of carbonyl (C=O) groups is 2. The van der Waals surface area contributed by atoms with E-state index in [0.29, 0.717) is 6.07 Å². The smallest absolute Gasteiger partial charge is 0.410 e. The van der Waals surface area contributed by atoms with Crippen LogP contribution in [0.1, 0.15) is 56.7 Å². The van der Waals surface area contributed by atoms with Crippen molar-refractivity contribution in [2.75, 3.05) is 18.4 Å². The molecule has 1 N–H and O–H groups in total. The number of hydrogen-bond acceptors (Lipinski definition) is 7. The van der Waals surface area contributed by atoms with E-state index in [-0.39, 0.29) is 53.2 Å². The Morgan fingerprint density at radius 2 is 1.62 bits per heavy atom. The van der Waals surface area contributed by atoms with Gasteiger partial charge >= 0.3 is 6.09 Å². The summed E-state index contributed by atoms with van der Waals surface area (Å²) >= 11 is 0. The number of amides is 2. The first-order chi connectivity index (χ1) is 26.0. The Morgan fingerprint density at radius 1 is 0.964 bits per heavy atom. The number of nitrogens with one attached hydrogen (secondary N) is 1. The van der Waals surface area contributed by atoms with Gasteiger partial charge in [0.2, 0.25) is 15.9 Å². The number of pyridine rings is 1. The monoisotopic (exact) mass is 781 g/mol. The van der Waals surface area contributed by atoms with Gasteiger partial charge in [-0.05, 0) is 93.6 Å². The van der Waals surface area contributed by atoms with E-state index in [0.717, 1.165) is 36.7 Å². The average Bonchev–Trinajstić information content (AvgIpc) is 3.11. The Labute approximate surface area is 315 Å². The number of nitrogens with zero attached hydrogens (tertiary/aromatic N) is 6. The van der Waals surface area contributed by atoms with Crippen LogP contribution in [0.2, 0.25) is 0 Å². The molecule has 2 heterocycles. The minimum absolute atomic E-state index is 0.0215. The van der Waals surface area contributed by atoms with Crippen LogP contribution in [0.3, 0.4) is 0 Å². The highest BCUT2D eigenvalue weighted by Gasteiger charge is 2.43. The summed E-state index contributed by atoms with van der Waals surface area (Å²) in [5.74, 6) is -5.79. The number of sulfonamides is 1. The zero-order chi connectivity index (χ0) is 40.1. The van der Waals surface area contributed by atoms with Crippen molar-refractivity contribution in [1.82, 2.24) is 14.2 Å². The summed E-state index contributed by atoms with van der Waals surface area (Å²) in [6.45, 7) is 6.69. The maximum atomic E-state index is 15.7. The van der Waals surface area contributed by atoms with Gasteiger partial charge in [0.15, 0.2) is 0 Å². The standard InChI is InChI=1S/C38H39F4N7O5S/c1-23-21-48(37(51)54-38(2,3)4)22-29(49(23)55(52,53)30-8-6-5-7-9-30)14-15-31-32(42)19-44-20-33(31)45-36(50)35(46-47-43)34(24-10-12-26(39)13-11-24)25-16-27(40)18-28(41)17-25/h5-13,16-20,23,29,34-35H,14-15,21-22H2,1-4H3,(H,45,50)/t23-,29+,34+,35+/m1/s1. The molecule has 3 aromatic carbocycles. The lowest BCUT2D eigenvalue weighted by Crippen LogP contribution is -2.61. The van der Waals surface area contributed by atoms with Gasteiger partial charge in [0, 0.05) is 47.6 Å². The van der Waals surface area contributed by atoms with Gasteiger partial charge in [-0.25, -0.2) is 30.8 Å². The summed E-state index contributed by atoms with van der Waals surface area (Å²) in [6, 6.07) is 11.6. The summed E-state index contributed by atoms with van der Waals surface area (Å²) in [5, 5.41) is 6.17. The number of halogens is 4. The molecule has 1 aliphatic rings. The molecule has 1 saturated heterocycles. The fourth-order valence-corrected chi connectivity index (χ4v) is 8.51. The van der Waals surface area contributed by atoms with Crippen molar-refractivity contribution < 1.29 is 40.3 Å². The molecule has 55 heavy (non-hydrogen) atoms. The Hall–Kier alpha value is -5.51. The first kappa shape index (κ1) is 40.7. The number of azide groups is 1. The Bertz CT molecular complexity index is 2160. The van der Waals surface area contributed by atoms with Gasteiger partial charge in [-0.1, -0.05) is 35.4 Å². The molecule has 17 heteroatoms. The fourth-order valence-electron chi connectivity index (χ4n) is 6.66. The molecular formula is C38H39F4N7O5S. The van der Waals surface area contributed by atoms with E-state index in [2.05, 4.69) is 20.3 Å².